The Bertz CT molecular complexity index is 1850. The monoisotopic (exact) mass is 561 g/mol. The van der Waals surface area contributed by atoms with E-state index in [1.54, 1.807) is 40.4 Å². The van der Waals surface area contributed by atoms with Crippen LogP contribution in [0.25, 0.3) is 16.6 Å². The van der Waals surface area contributed by atoms with Crippen molar-refractivity contribution in [1.29, 1.82) is 5.26 Å². The van der Waals surface area contributed by atoms with Gasteiger partial charge in [-0.1, -0.05) is 43.3 Å². The maximum absolute atomic E-state index is 14.3. The van der Waals surface area contributed by atoms with Crippen molar-refractivity contribution >= 4 is 34.1 Å². The summed E-state index contributed by atoms with van der Waals surface area (Å²) in [6.45, 7) is 2.31. The molecule has 5 rings (SSSR count). The molecule has 0 fully saturated rings. The molecular weight excluding hydrogens is 534 g/mol. The van der Waals surface area contributed by atoms with Crippen LogP contribution in [0.4, 0.5) is 17.3 Å². The van der Waals surface area contributed by atoms with Gasteiger partial charge in [-0.15, -0.1) is 0 Å². The summed E-state index contributed by atoms with van der Waals surface area (Å²) in [5, 5.41) is 25.4. The van der Waals surface area contributed by atoms with Crippen LogP contribution in [0.2, 0.25) is 0 Å². The van der Waals surface area contributed by atoms with Crippen molar-refractivity contribution in [3.05, 3.63) is 112 Å². The van der Waals surface area contributed by atoms with Gasteiger partial charge < -0.3 is 16.4 Å². The van der Waals surface area contributed by atoms with Gasteiger partial charge >= 0.3 is 0 Å². The number of anilines is 3. The largest absolute Gasteiger partial charge is 0.382 e. The Morgan fingerprint density at radius 2 is 1.83 bits per heavy atom. The molecule has 2 aromatic heterocycles. The number of fused-ring (bicyclic) bond motifs is 1. The number of carbonyl (C=O) groups excluding carboxylic acids is 1. The molecule has 0 saturated heterocycles. The van der Waals surface area contributed by atoms with E-state index in [-0.39, 0.29) is 22.8 Å². The molecule has 12 nitrogen and oxygen atoms in total. The van der Waals surface area contributed by atoms with Gasteiger partial charge in [0.05, 0.1) is 22.6 Å². The minimum absolute atomic E-state index is 0.0544. The third-order valence-corrected chi connectivity index (χ3v) is 6.76. The number of hydroxylamine groups is 1. The Kier molecular flexibility index (Phi) is 8.03. The number of para-hydroxylation sites is 1. The van der Waals surface area contributed by atoms with Crippen LogP contribution in [0, 0.1) is 11.3 Å². The third kappa shape index (κ3) is 5.45. The van der Waals surface area contributed by atoms with Crippen molar-refractivity contribution < 1.29 is 10.0 Å². The number of hydrogen-bond donors (Lipinski definition) is 5. The van der Waals surface area contributed by atoms with E-state index in [9.17, 15) is 14.9 Å². The van der Waals surface area contributed by atoms with Gasteiger partial charge in [0, 0.05) is 17.8 Å². The summed E-state index contributed by atoms with van der Waals surface area (Å²) < 4.78 is 1.56. The quantitative estimate of drug-likeness (QED) is 0.130. The summed E-state index contributed by atoms with van der Waals surface area (Å²) in [5.41, 5.74) is 10.2. The van der Waals surface area contributed by atoms with E-state index in [4.69, 9.17) is 15.9 Å². The first-order chi connectivity index (χ1) is 20.4. The SMILES string of the molecule is CCC(Nc1ncnc(N)c1C#N)c1nc2cccc(NCc3ccc(C(=O)NO)cc3)c2c(=O)n1-c1ccccc1. The number of nitriles is 1. The van der Waals surface area contributed by atoms with E-state index in [1.165, 1.54) is 6.33 Å². The molecule has 2 heterocycles. The lowest BCUT2D eigenvalue weighted by molar-refractivity contribution is 0.0706. The molecule has 1 atom stereocenters. The molecule has 0 radical (unpaired) electrons. The highest BCUT2D eigenvalue weighted by atomic mass is 16.5. The van der Waals surface area contributed by atoms with Crippen LogP contribution in [0.5, 0.6) is 0 Å². The van der Waals surface area contributed by atoms with Crippen LogP contribution in [0.1, 0.15) is 46.7 Å². The molecule has 3 aromatic carbocycles. The number of nitrogen functional groups attached to an aromatic ring is 1. The first-order valence-corrected chi connectivity index (χ1v) is 13.1. The van der Waals surface area contributed by atoms with Crippen LogP contribution in [0.3, 0.4) is 0 Å². The van der Waals surface area contributed by atoms with E-state index in [0.29, 0.717) is 46.6 Å². The molecule has 0 aliphatic rings. The minimum atomic E-state index is -0.598. The highest BCUT2D eigenvalue weighted by Crippen LogP contribution is 2.28. The fourth-order valence-corrected chi connectivity index (χ4v) is 4.62. The van der Waals surface area contributed by atoms with Crippen molar-refractivity contribution in [3.63, 3.8) is 0 Å². The predicted octanol–water partition coefficient (Wildman–Crippen LogP) is 3.92. The van der Waals surface area contributed by atoms with E-state index < -0.39 is 11.9 Å². The third-order valence-electron chi connectivity index (χ3n) is 6.76. The van der Waals surface area contributed by atoms with Crippen LogP contribution < -0.4 is 27.4 Å². The number of aromatic nitrogens is 4. The number of nitrogens with two attached hydrogens (primary N) is 1. The second kappa shape index (κ2) is 12.2. The smallest absolute Gasteiger partial charge is 0.274 e. The van der Waals surface area contributed by atoms with Gasteiger partial charge in [0.15, 0.2) is 0 Å². The van der Waals surface area contributed by atoms with Gasteiger partial charge in [0.25, 0.3) is 11.5 Å². The van der Waals surface area contributed by atoms with Crippen molar-refractivity contribution in [3.8, 4) is 11.8 Å². The molecule has 6 N–H and O–H groups in total. The second-order valence-corrected chi connectivity index (χ2v) is 9.34. The fraction of sp³-hybridized carbons (Fsp3) is 0.133. The summed E-state index contributed by atoms with van der Waals surface area (Å²) >= 11 is 0. The number of hydrogen-bond acceptors (Lipinski definition) is 10. The van der Waals surface area contributed by atoms with Crippen LogP contribution in [-0.4, -0.2) is 30.6 Å². The second-order valence-electron chi connectivity index (χ2n) is 9.34. The van der Waals surface area contributed by atoms with Crippen molar-refractivity contribution in [2.75, 3.05) is 16.4 Å². The van der Waals surface area contributed by atoms with Crippen molar-refractivity contribution in [2.45, 2.75) is 25.9 Å². The number of carbonyl (C=O) groups is 1. The first kappa shape index (κ1) is 27.8. The molecule has 0 aliphatic heterocycles. The number of nitrogens with one attached hydrogen (secondary N) is 3. The van der Waals surface area contributed by atoms with Crippen molar-refractivity contribution in [1.82, 2.24) is 25.0 Å². The standard InChI is InChI=1S/C30H27N9O3/c1-2-22(36-27-21(15-31)26(32)34-17-35-27)28-37-24-10-6-9-23(25(24)30(41)39(28)20-7-4-3-5-8-20)33-16-18-11-13-19(14-12-18)29(40)38-42/h3-14,17,22,33,42H,2,16H2,1H3,(H,38,40)(H3,32,34,35,36). The topological polar surface area (TPSA) is 184 Å². The normalized spacial score (nSPS) is 11.5. The maximum Gasteiger partial charge on any atom is 0.274 e. The van der Waals surface area contributed by atoms with Gasteiger partial charge in [-0.25, -0.2) is 20.4 Å². The molecule has 42 heavy (non-hydrogen) atoms. The Balaban J connectivity index is 1.59. The lowest BCUT2D eigenvalue weighted by Gasteiger charge is -2.23. The van der Waals surface area contributed by atoms with Gasteiger partial charge in [0.1, 0.15) is 35.4 Å². The lowest BCUT2D eigenvalue weighted by Crippen LogP contribution is -2.29. The summed E-state index contributed by atoms with van der Waals surface area (Å²) in [5.74, 6) is 0.151. The number of nitrogens with zero attached hydrogens (tertiary/aromatic N) is 5. The summed E-state index contributed by atoms with van der Waals surface area (Å²) in [4.78, 5) is 39.0. The van der Waals surface area contributed by atoms with E-state index in [1.807, 2.05) is 55.5 Å². The van der Waals surface area contributed by atoms with Crippen molar-refractivity contribution in [2.24, 2.45) is 0 Å². The molecule has 5 aromatic rings. The van der Waals surface area contributed by atoms with Crippen LogP contribution in [-0.2, 0) is 6.54 Å². The van der Waals surface area contributed by atoms with E-state index in [2.05, 4.69) is 20.6 Å². The number of rotatable bonds is 9. The predicted molar refractivity (Wildman–Crippen MR) is 158 cm³/mol. The molecule has 0 aliphatic carbocycles. The van der Waals surface area contributed by atoms with E-state index in [0.717, 1.165) is 5.56 Å². The summed E-state index contributed by atoms with van der Waals surface area (Å²) in [6.07, 6.45) is 1.79. The van der Waals surface area contributed by atoms with Gasteiger partial charge in [-0.2, -0.15) is 5.26 Å². The maximum atomic E-state index is 14.3. The zero-order valence-electron chi connectivity index (χ0n) is 22.6. The summed E-state index contributed by atoms with van der Waals surface area (Å²) in [7, 11) is 0. The van der Waals surface area contributed by atoms with Gasteiger partial charge in [-0.3, -0.25) is 19.4 Å². The van der Waals surface area contributed by atoms with Gasteiger partial charge in [0.2, 0.25) is 0 Å². The molecule has 0 spiro atoms. The highest BCUT2D eigenvalue weighted by molar-refractivity contribution is 5.93. The average molecular weight is 562 g/mol. The van der Waals surface area contributed by atoms with Crippen LogP contribution in [0.15, 0.2) is 83.9 Å². The Morgan fingerprint density at radius 3 is 2.52 bits per heavy atom. The zero-order valence-corrected chi connectivity index (χ0v) is 22.6. The van der Waals surface area contributed by atoms with E-state index >= 15 is 0 Å². The zero-order chi connectivity index (χ0) is 29.6. The molecule has 12 heteroatoms. The molecule has 0 bridgehead atoms. The first-order valence-electron chi connectivity index (χ1n) is 13.1. The molecule has 1 unspecified atom stereocenters. The summed E-state index contributed by atoms with van der Waals surface area (Å²) in [6, 6.07) is 22.9. The molecular formula is C30H27N9O3. The number of amides is 1. The molecule has 0 saturated carbocycles. The van der Waals surface area contributed by atoms with Gasteiger partial charge in [-0.05, 0) is 48.4 Å². The minimum Gasteiger partial charge on any atom is -0.382 e. The Morgan fingerprint density at radius 1 is 1.07 bits per heavy atom. The average Bonchev–Trinajstić information content (AvgIpc) is 3.02. The molecule has 210 valence electrons. The highest BCUT2D eigenvalue weighted by Gasteiger charge is 2.23. The molecule has 1 amide bonds. The number of benzene rings is 3. The van der Waals surface area contributed by atoms with Crippen LogP contribution >= 0.6 is 0 Å². The lowest BCUT2D eigenvalue weighted by atomic mass is 10.1. The Labute approximate surface area is 240 Å². The Hall–Kier alpha value is -5.80. The fourth-order valence-electron chi connectivity index (χ4n) is 4.62.